The van der Waals surface area contributed by atoms with E-state index < -0.39 is 0 Å². The highest BCUT2D eigenvalue weighted by molar-refractivity contribution is 6.30. The van der Waals surface area contributed by atoms with Crippen LogP contribution >= 0.6 is 23.2 Å². The first-order valence-electron chi connectivity index (χ1n) is 6.37. The van der Waals surface area contributed by atoms with Crippen LogP contribution in [0.4, 0.5) is 0 Å². The first-order valence-corrected chi connectivity index (χ1v) is 7.19. The lowest BCUT2D eigenvalue weighted by atomic mass is 9.78. The standard InChI is InChI=1S/C15H20Cl2/c1-15(2)9-3-4-13(15)14(17)10-11-5-7-12(16)8-6-11/h5-8,13-14H,3-4,9-10H2,1-2H3. The number of alkyl halides is 1. The highest BCUT2D eigenvalue weighted by Crippen LogP contribution is 2.46. The van der Waals surface area contributed by atoms with E-state index in [0.717, 1.165) is 11.4 Å². The third-order valence-electron chi connectivity index (χ3n) is 4.12. The van der Waals surface area contributed by atoms with Gasteiger partial charge in [-0.05, 0) is 48.3 Å². The van der Waals surface area contributed by atoms with Crippen molar-refractivity contribution in [3.63, 3.8) is 0 Å². The molecule has 0 spiro atoms. The first kappa shape index (κ1) is 13.2. The summed E-state index contributed by atoms with van der Waals surface area (Å²) in [5.74, 6) is 0.639. The van der Waals surface area contributed by atoms with Crippen LogP contribution in [0.2, 0.25) is 5.02 Å². The van der Waals surface area contributed by atoms with Gasteiger partial charge in [0.05, 0.1) is 0 Å². The SMILES string of the molecule is CC1(C)CCCC1C(Cl)Cc1ccc(Cl)cc1. The Morgan fingerprint density at radius 3 is 2.47 bits per heavy atom. The molecule has 0 radical (unpaired) electrons. The molecular formula is C15H20Cl2. The molecule has 0 aliphatic heterocycles. The zero-order chi connectivity index (χ0) is 12.5. The van der Waals surface area contributed by atoms with Crippen LogP contribution in [-0.4, -0.2) is 5.38 Å². The van der Waals surface area contributed by atoms with E-state index in [9.17, 15) is 0 Å². The molecule has 1 fully saturated rings. The molecule has 94 valence electrons. The van der Waals surface area contributed by atoms with Crippen molar-refractivity contribution in [3.05, 3.63) is 34.9 Å². The average Bonchev–Trinajstić information content (AvgIpc) is 2.61. The van der Waals surface area contributed by atoms with Gasteiger partial charge in [-0.25, -0.2) is 0 Å². The van der Waals surface area contributed by atoms with Gasteiger partial charge in [-0.1, -0.05) is 44.0 Å². The molecular weight excluding hydrogens is 251 g/mol. The molecule has 1 aromatic carbocycles. The van der Waals surface area contributed by atoms with Gasteiger partial charge in [0.1, 0.15) is 0 Å². The Balaban J connectivity index is 2.01. The minimum atomic E-state index is 0.244. The summed E-state index contributed by atoms with van der Waals surface area (Å²) in [5.41, 5.74) is 1.69. The number of halogens is 2. The fourth-order valence-electron chi connectivity index (χ4n) is 3.01. The molecule has 2 unspecified atom stereocenters. The van der Waals surface area contributed by atoms with Crippen molar-refractivity contribution in [1.82, 2.24) is 0 Å². The van der Waals surface area contributed by atoms with E-state index in [1.54, 1.807) is 0 Å². The quantitative estimate of drug-likeness (QED) is 0.653. The summed E-state index contributed by atoms with van der Waals surface area (Å²) in [4.78, 5) is 0. The molecule has 2 heteroatoms. The molecule has 0 nitrogen and oxygen atoms in total. The molecule has 0 amide bonds. The summed E-state index contributed by atoms with van der Waals surface area (Å²) < 4.78 is 0. The summed E-state index contributed by atoms with van der Waals surface area (Å²) in [6.07, 6.45) is 4.85. The van der Waals surface area contributed by atoms with E-state index in [0.29, 0.717) is 11.3 Å². The van der Waals surface area contributed by atoms with Crippen LogP contribution < -0.4 is 0 Å². The predicted octanol–water partition coefficient (Wildman–Crippen LogP) is 5.32. The van der Waals surface area contributed by atoms with Gasteiger partial charge in [0.15, 0.2) is 0 Å². The van der Waals surface area contributed by atoms with Gasteiger partial charge in [0, 0.05) is 10.4 Å². The molecule has 0 saturated heterocycles. The van der Waals surface area contributed by atoms with Crippen LogP contribution in [0, 0.1) is 11.3 Å². The molecule has 17 heavy (non-hydrogen) atoms. The Morgan fingerprint density at radius 1 is 1.29 bits per heavy atom. The zero-order valence-electron chi connectivity index (χ0n) is 10.5. The molecule has 0 bridgehead atoms. The Hall–Kier alpha value is -0.200. The van der Waals surface area contributed by atoms with Crippen molar-refractivity contribution in [2.75, 3.05) is 0 Å². The Kier molecular flexibility index (Phi) is 4.05. The smallest absolute Gasteiger partial charge is 0.0409 e. The van der Waals surface area contributed by atoms with Crippen LogP contribution in [0.3, 0.4) is 0 Å². The molecule has 1 aliphatic rings. The lowest BCUT2D eigenvalue weighted by Crippen LogP contribution is -2.27. The Morgan fingerprint density at radius 2 is 1.94 bits per heavy atom. The lowest BCUT2D eigenvalue weighted by Gasteiger charge is -2.30. The topological polar surface area (TPSA) is 0 Å². The maximum atomic E-state index is 6.61. The average molecular weight is 271 g/mol. The molecule has 2 atom stereocenters. The van der Waals surface area contributed by atoms with Crippen LogP contribution in [0.5, 0.6) is 0 Å². The summed E-state index contributed by atoms with van der Waals surface area (Å²) in [6, 6.07) is 8.06. The van der Waals surface area contributed by atoms with E-state index in [-0.39, 0.29) is 5.38 Å². The van der Waals surface area contributed by atoms with Crippen molar-refractivity contribution in [1.29, 1.82) is 0 Å². The van der Waals surface area contributed by atoms with Crippen LogP contribution in [-0.2, 0) is 6.42 Å². The second kappa shape index (κ2) is 5.20. The lowest BCUT2D eigenvalue weighted by molar-refractivity contribution is 0.250. The second-order valence-electron chi connectivity index (χ2n) is 5.83. The third kappa shape index (κ3) is 3.17. The monoisotopic (exact) mass is 270 g/mol. The van der Waals surface area contributed by atoms with Gasteiger partial charge in [-0.15, -0.1) is 11.6 Å². The van der Waals surface area contributed by atoms with E-state index in [1.165, 1.54) is 24.8 Å². The highest BCUT2D eigenvalue weighted by atomic mass is 35.5. The third-order valence-corrected chi connectivity index (χ3v) is 4.83. The largest absolute Gasteiger partial charge is 0.122 e. The molecule has 2 rings (SSSR count). The second-order valence-corrected chi connectivity index (χ2v) is 6.83. The van der Waals surface area contributed by atoms with Crippen LogP contribution in [0.15, 0.2) is 24.3 Å². The molecule has 0 heterocycles. The molecule has 1 aromatic rings. The highest BCUT2D eigenvalue weighted by Gasteiger charge is 2.38. The van der Waals surface area contributed by atoms with Gasteiger partial charge in [0.25, 0.3) is 0 Å². The minimum absolute atomic E-state index is 0.244. The van der Waals surface area contributed by atoms with E-state index in [2.05, 4.69) is 26.0 Å². The van der Waals surface area contributed by atoms with Crippen molar-refractivity contribution >= 4 is 23.2 Å². The molecule has 0 N–H and O–H groups in total. The van der Waals surface area contributed by atoms with Gasteiger partial charge < -0.3 is 0 Å². The summed E-state index contributed by atoms with van der Waals surface area (Å²) >= 11 is 12.5. The van der Waals surface area contributed by atoms with Gasteiger partial charge in [-0.3, -0.25) is 0 Å². The van der Waals surface area contributed by atoms with Crippen molar-refractivity contribution < 1.29 is 0 Å². The number of hydrogen-bond donors (Lipinski definition) is 0. The van der Waals surface area contributed by atoms with Crippen molar-refractivity contribution in [2.45, 2.75) is 44.9 Å². The summed E-state index contributed by atoms with van der Waals surface area (Å²) in [7, 11) is 0. The van der Waals surface area contributed by atoms with E-state index in [1.807, 2.05) is 12.1 Å². The number of benzene rings is 1. The fourth-order valence-corrected chi connectivity index (χ4v) is 3.78. The van der Waals surface area contributed by atoms with Crippen LogP contribution in [0.25, 0.3) is 0 Å². The maximum Gasteiger partial charge on any atom is 0.0409 e. The van der Waals surface area contributed by atoms with Crippen molar-refractivity contribution in [3.8, 4) is 0 Å². The van der Waals surface area contributed by atoms with Gasteiger partial charge in [-0.2, -0.15) is 0 Å². The Labute approximate surface area is 114 Å². The normalized spacial score (nSPS) is 24.8. The number of hydrogen-bond acceptors (Lipinski definition) is 0. The van der Waals surface area contributed by atoms with Gasteiger partial charge in [0.2, 0.25) is 0 Å². The molecule has 1 saturated carbocycles. The van der Waals surface area contributed by atoms with E-state index >= 15 is 0 Å². The Bertz CT molecular complexity index is 367. The summed E-state index contributed by atoms with van der Waals surface area (Å²) in [6.45, 7) is 4.70. The zero-order valence-corrected chi connectivity index (χ0v) is 12.1. The molecule has 0 aromatic heterocycles. The van der Waals surface area contributed by atoms with Crippen LogP contribution in [0.1, 0.15) is 38.7 Å². The molecule has 1 aliphatic carbocycles. The van der Waals surface area contributed by atoms with E-state index in [4.69, 9.17) is 23.2 Å². The first-order chi connectivity index (χ1) is 7.99. The predicted molar refractivity (Wildman–Crippen MR) is 75.9 cm³/mol. The summed E-state index contributed by atoms with van der Waals surface area (Å²) in [5, 5.41) is 1.04. The maximum absolute atomic E-state index is 6.61. The van der Waals surface area contributed by atoms with Gasteiger partial charge >= 0.3 is 0 Å². The minimum Gasteiger partial charge on any atom is -0.122 e. The van der Waals surface area contributed by atoms with Crippen molar-refractivity contribution in [2.24, 2.45) is 11.3 Å². The fraction of sp³-hybridized carbons (Fsp3) is 0.600. The number of rotatable bonds is 3.